The monoisotopic (exact) mass is 340 g/mol. The summed E-state index contributed by atoms with van der Waals surface area (Å²) in [7, 11) is 3.71. The van der Waals surface area contributed by atoms with E-state index in [0.29, 0.717) is 12.0 Å². The first-order valence-electron chi connectivity index (χ1n) is 8.88. The summed E-state index contributed by atoms with van der Waals surface area (Å²) >= 11 is 0. The second-order valence-electron chi connectivity index (χ2n) is 7.31. The first-order valence-corrected chi connectivity index (χ1v) is 8.88. The van der Waals surface area contributed by atoms with Gasteiger partial charge in [0, 0.05) is 32.9 Å². The molecule has 0 saturated carbocycles. The number of fused-ring (bicyclic) bond motifs is 3. The van der Waals surface area contributed by atoms with Gasteiger partial charge in [-0.15, -0.1) is 5.10 Å². The minimum absolute atomic E-state index is 0.153. The van der Waals surface area contributed by atoms with Crippen LogP contribution in [0, 0.1) is 11.8 Å². The number of carbonyl (C=O) groups is 1. The zero-order valence-electron chi connectivity index (χ0n) is 14.7. The Morgan fingerprint density at radius 2 is 2.20 bits per heavy atom. The quantitative estimate of drug-likeness (QED) is 0.835. The lowest BCUT2D eigenvalue weighted by Crippen LogP contribution is -2.57. The van der Waals surface area contributed by atoms with E-state index in [9.17, 15) is 4.79 Å². The number of pyridine rings is 1. The summed E-state index contributed by atoms with van der Waals surface area (Å²) in [6, 6.07) is 6.22. The smallest absolute Gasteiger partial charge is 0.226 e. The standard InChI is InChI=1S/C18H24N6O/c1-22(2)18(25)15-11-23-8-6-13(15)9-14(23)10-24-12-17(20-21-24)16-5-3-4-7-19-16/h3-5,7,12-15H,6,8-11H2,1-2H3/t13?,14-,15+/m1/s1. The normalized spacial score (nSPS) is 28.1. The molecule has 2 unspecified atom stereocenters. The van der Waals surface area contributed by atoms with Crippen LogP contribution in [0.5, 0.6) is 0 Å². The van der Waals surface area contributed by atoms with Gasteiger partial charge in [0.2, 0.25) is 5.91 Å². The highest BCUT2D eigenvalue weighted by Gasteiger charge is 2.43. The molecule has 7 nitrogen and oxygen atoms in total. The van der Waals surface area contributed by atoms with Crippen molar-refractivity contribution in [3.8, 4) is 11.4 Å². The minimum atomic E-state index is 0.153. The fraction of sp³-hybridized carbons (Fsp3) is 0.556. The van der Waals surface area contributed by atoms with E-state index in [1.807, 2.05) is 43.2 Å². The van der Waals surface area contributed by atoms with Crippen molar-refractivity contribution >= 4 is 5.91 Å². The van der Waals surface area contributed by atoms with E-state index in [0.717, 1.165) is 43.9 Å². The summed E-state index contributed by atoms with van der Waals surface area (Å²) in [5, 5.41) is 8.53. The summed E-state index contributed by atoms with van der Waals surface area (Å²) in [5.74, 6) is 0.912. The molecule has 3 aliphatic rings. The van der Waals surface area contributed by atoms with Gasteiger partial charge in [-0.2, -0.15) is 0 Å². The van der Waals surface area contributed by atoms with Crippen molar-refractivity contribution in [1.82, 2.24) is 29.8 Å². The molecule has 4 atom stereocenters. The fourth-order valence-corrected chi connectivity index (χ4v) is 4.17. The Labute approximate surface area is 147 Å². The van der Waals surface area contributed by atoms with Crippen molar-refractivity contribution in [1.29, 1.82) is 0 Å². The number of amides is 1. The molecule has 2 aromatic rings. The summed E-state index contributed by atoms with van der Waals surface area (Å²) in [5.41, 5.74) is 1.65. The third kappa shape index (κ3) is 3.16. The Hall–Kier alpha value is -2.28. The predicted octanol–water partition coefficient (Wildman–Crippen LogP) is 1.14. The van der Waals surface area contributed by atoms with Crippen LogP contribution in [0.4, 0.5) is 0 Å². The molecular formula is C18H24N6O. The molecule has 0 aromatic carbocycles. The number of hydrogen-bond donors (Lipinski definition) is 0. The van der Waals surface area contributed by atoms with Gasteiger partial charge in [-0.1, -0.05) is 11.3 Å². The van der Waals surface area contributed by atoms with Crippen LogP contribution in [0.15, 0.2) is 30.6 Å². The minimum Gasteiger partial charge on any atom is -0.349 e. The van der Waals surface area contributed by atoms with Crippen molar-refractivity contribution in [3.63, 3.8) is 0 Å². The second kappa shape index (κ2) is 6.55. The summed E-state index contributed by atoms with van der Waals surface area (Å²) in [6.07, 6.45) is 5.91. The Morgan fingerprint density at radius 3 is 2.88 bits per heavy atom. The molecule has 2 aromatic heterocycles. The Morgan fingerprint density at radius 1 is 1.32 bits per heavy atom. The maximum Gasteiger partial charge on any atom is 0.226 e. The zero-order chi connectivity index (χ0) is 17.4. The fourth-order valence-electron chi connectivity index (χ4n) is 4.17. The van der Waals surface area contributed by atoms with Gasteiger partial charge in [-0.3, -0.25) is 19.4 Å². The molecule has 1 amide bonds. The van der Waals surface area contributed by atoms with Crippen LogP contribution in [0.3, 0.4) is 0 Å². The van der Waals surface area contributed by atoms with E-state index >= 15 is 0 Å². The van der Waals surface area contributed by atoms with E-state index in [-0.39, 0.29) is 11.8 Å². The van der Waals surface area contributed by atoms with Gasteiger partial charge in [0.1, 0.15) is 5.69 Å². The van der Waals surface area contributed by atoms with Crippen molar-refractivity contribution in [2.45, 2.75) is 25.4 Å². The molecule has 132 valence electrons. The lowest BCUT2D eigenvalue weighted by atomic mass is 9.75. The number of nitrogens with zero attached hydrogens (tertiary/aromatic N) is 6. The Bertz CT molecular complexity index is 743. The molecule has 0 N–H and O–H groups in total. The average molecular weight is 340 g/mol. The molecule has 5 heterocycles. The molecule has 2 bridgehead atoms. The molecule has 3 fully saturated rings. The lowest BCUT2D eigenvalue weighted by Gasteiger charge is -2.49. The average Bonchev–Trinajstić information content (AvgIpc) is 3.11. The molecule has 0 spiro atoms. The topological polar surface area (TPSA) is 67.2 Å². The van der Waals surface area contributed by atoms with Crippen LogP contribution in [-0.4, -0.2) is 68.9 Å². The Kier molecular flexibility index (Phi) is 4.25. The highest BCUT2D eigenvalue weighted by atomic mass is 16.2. The molecule has 3 saturated heterocycles. The van der Waals surface area contributed by atoms with Gasteiger partial charge in [0.25, 0.3) is 0 Å². The van der Waals surface area contributed by atoms with Gasteiger partial charge in [-0.25, -0.2) is 0 Å². The third-order valence-electron chi connectivity index (χ3n) is 5.50. The van der Waals surface area contributed by atoms with Crippen molar-refractivity contribution in [2.24, 2.45) is 11.8 Å². The number of rotatable bonds is 4. The molecule has 0 aliphatic carbocycles. The van der Waals surface area contributed by atoms with Gasteiger partial charge >= 0.3 is 0 Å². The molecule has 5 rings (SSSR count). The predicted molar refractivity (Wildman–Crippen MR) is 93.5 cm³/mol. The van der Waals surface area contributed by atoms with E-state index < -0.39 is 0 Å². The van der Waals surface area contributed by atoms with Crippen LogP contribution in [0.25, 0.3) is 11.4 Å². The first-order chi connectivity index (χ1) is 12.1. The third-order valence-corrected chi connectivity index (χ3v) is 5.50. The summed E-state index contributed by atoms with van der Waals surface area (Å²) < 4.78 is 1.91. The first kappa shape index (κ1) is 16.2. The molecule has 0 radical (unpaired) electrons. The molecule has 25 heavy (non-hydrogen) atoms. The van der Waals surface area contributed by atoms with Crippen molar-refractivity contribution < 1.29 is 4.79 Å². The number of piperidine rings is 3. The van der Waals surface area contributed by atoms with Crippen molar-refractivity contribution in [3.05, 3.63) is 30.6 Å². The zero-order valence-corrected chi connectivity index (χ0v) is 14.7. The number of carbonyl (C=O) groups excluding carboxylic acids is 1. The number of aromatic nitrogens is 4. The van der Waals surface area contributed by atoms with Crippen LogP contribution >= 0.6 is 0 Å². The maximum absolute atomic E-state index is 12.4. The summed E-state index contributed by atoms with van der Waals surface area (Å²) in [6.45, 7) is 2.77. The highest BCUT2D eigenvalue weighted by Crippen LogP contribution is 2.37. The Balaban J connectivity index is 1.43. The molecular weight excluding hydrogens is 316 g/mol. The number of hydrogen-bond acceptors (Lipinski definition) is 5. The van der Waals surface area contributed by atoms with Gasteiger partial charge in [0.15, 0.2) is 0 Å². The molecule has 3 aliphatic heterocycles. The van der Waals surface area contributed by atoms with E-state index in [1.165, 1.54) is 0 Å². The molecule has 7 heteroatoms. The van der Waals surface area contributed by atoms with E-state index in [1.54, 1.807) is 11.1 Å². The maximum atomic E-state index is 12.4. The largest absolute Gasteiger partial charge is 0.349 e. The van der Waals surface area contributed by atoms with E-state index in [4.69, 9.17) is 0 Å². The summed E-state index contributed by atoms with van der Waals surface area (Å²) in [4.78, 5) is 20.9. The highest BCUT2D eigenvalue weighted by molar-refractivity contribution is 5.79. The second-order valence-corrected chi connectivity index (χ2v) is 7.31. The lowest BCUT2D eigenvalue weighted by molar-refractivity contribution is -0.141. The van der Waals surface area contributed by atoms with E-state index in [2.05, 4.69) is 20.2 Å². The van der Waals surface area contributed by atoms with Crippen LogP contribution < -0.4 is 0 Å². The van der Waals surface area contributed by atoms with Crippen LogP contribution in [0.1, 0.15) is 12.8 Å². The van der Waals surface area contributed by atoms with Gasteiger partial charge in [-0.05, 0) is 37.4 Å². The van der Waals surface area contributed by atoms with Crippen molar-refractivity contribution in [2.75, 3.05) is 27.2 Å². The van der Waals surface area contributed by atoms with Crippen LogP contribution in [-0.2, 0) is 11.3 Å². The SMILES string of the molecule is CN(C)C(=O)[C@H]1CN2CCC1C[C@@H]2Cn1cc(-c2ccccn2)nn1. The van der Waals surface area contributed by atoms with Gasteiger partial charge < -0.3 is 4.90 Å². The van der Waals surface area contributed by atoms with Gasteiger partial charge in [0.05, 0.1) is 24.4 Å². The van der Waals surface area contributed by atoms with Crippen LogP contribution in [0.2, 0.25) is 0 Å².